The number of anilines is 1. The van der Waals surface area contributed by atoms with Crippen molar-refractivity contribution >= 4 is 56.6 Å². The number of thiazole rings is 1. The first-order valence-corrected chi connectivity index (χ1v) is 14.7. The van der Waals surface area contributed by atoms with Gasteiger partial charge in [-0.2, -0.15) is 0 Å². The molecule has 3 aromatic carbocycles. The number of Topliss-reactive ketones (excluding diaryl/α,β-unsaturated/α-hetero) is 1. The molecular formula is C31H22N2O3S2. The lowest BCUT2D eigenvalue weighted by molar-refractivity contribution is -0.123. The maximum absolute atomic E-state index is 13.2. The van der Waals surface area contributed by atoms with E-state index in [1.165, 1.54) is 44.7 Å². The number of thioether (sulfide) groups is 1. The molecule has 1 saturated carbocycles. The standard InChI is InChI=1S/C31H22N2O3S2/c34-25(18-6-5-17-11-16-3-1-2-4-22(16)23(17)13-18)15-37-31-32-24-10-9-21(14-26(24)38-31)33-29(35)27-19-7-8-20(12-19)28(27)30(33)36/h1-10,13-14,19-20,27-28H,11-12,15H2/t19-,20-,27+,28+/m0/s1. The van der Waals surface area contributed by atoms with Crippen LogP contribution < -0.4 is 4.90 Å². The summed E-state index contributed by atoms with van der Waals surface area (Å²) in [5.41, 5.74) is 7.09. The average molecular weight is 535 g/mol. The van der Waals surface area contributed by atoms with Crippen LogP contribution in [-0.4, -0.2) is 28.3 Å². The molecule has 0 radical (unpaired) electrons. The fraction of sp³-hybridized carbons (Fsp3) is 0.226. The van der Waals surface area contributed by atoms with Crippen molar-refractivity contribution < 1.29 is 14.4 Å². The molecule has 0 spiro atoms. The molecule has 1 saturated heterocycles. The van der Waals surface area contributed by atoms with E-state index in [9.17, 15) is 14.4 Å². The maximum Gasteiger partial charge on any atom is 0.238 e. The van der Waals surface area contributed by atoms with Gasteiger partial charge in [-0.05, 0) is 71.2 Å². The maximum atomic E-state index is 13.2. The molecule has 1 aliphatic heterocycles. The van der Waals surface area contributed by atoms with Crippen molar-refractivity contribution in [1.82, 2.24) is 4.98 Å². The minimum absolute atomic E-state index is 0.0714. The second-order valence-electron chi connectivity index (χ2n) is 10.6. The summed E-state index contributed by atoms with van der Waals surface area (Å²) in [7, 11) is 0. The van der Waals surface area contributed by atoms with Crippen molar-refractivity contribution in [3.05, 3.63) is 89.5 Å². The van der Waals surface area contributed by atoms with Gasteiger partial charge < -0.3 is 0 Å². The number of imide groups is 1. The first kappa shape index (κ1) is 22.4. The highest BCUT2D eigenvalue weighted by Gasteiger charge is 2.59. The van der Waals surface area contributed by atoms with Crippen LogP contribution >= 0.6 is 23.1 Å². The van der Waals surface area contributed by atoms with Gasteiger partial charge in [0.2, 0.25) is 11.8 Å². The van der Waals surface area contributed by atoms with E-state index >= 15 is 0 Å². The summed E-state index contributed by atoms with van der Waals surface area (Å²) >= 11 is 2.93. The van der Waals surface area contributed by atoms with Crippen LogP contribution in [0.3, 0.4) is 0 Å². The van der Waals surface area contributed by atoms with Gasteiger partial charge in [-0.1, -0.05) is 60.3 Å². The Kier molecular flexibility index (Phi) is 4.85. The smallest absolute Gasteiger partial charge is 0.238 e. The Morgan fingerprint density at radius 2 is 1.68 bits per heavy atom. The van der Waals surface area contributed by atoms with E-state index in [0.717, 1.165) is 38.5 Å². The lowest BCUT2D eigenvalue weighted by Crippen LogP contribution is -2.32. The van der Waals surface area contributed by atoms with Gasteiger partial charge in [0.05, 0.1) is 33.5 Å². The Balaban J connectivity index is 1.00. The zero-order valence-corrected chi connectivity index (χ0v) is 21.9. The Morgan fingerprint density at radius 1 is 0.921 bits per heavy atom. The molecule has 2 heterocycles. The summed E-state index contributed by atoms with van der Waals surface area (Å²) < 4.78 is 1.71. The molecule has 2 amide bonds. The normalized spacial score (nSPS) is 24.4. The second kappa shape index (κ2) is 8.22. The third-order valence-corrected chi connectivity index (χ3v) is 10.7. The number of amides is 2. The number of aromatic nitrogens is 1. The number of nitrogens with zero attached hydrogens (tertiary/aromatic N) is 2. The topological polar surface area (TPSA) is 67.3 Å². The van der Waals surface area contributed by atoms with Crippen LogP contribution in [0, 0.1) is 23.7 Å². The van der Waals surface area contributed by atoms with E-state index in [0.29, 0.717) is 11.4 Å². The van der Waals surface area contributed by atoms with Crippen LogP contribution in [-0.2, 0) is 16.0 Å². The molecule has 4 aromatic rings. The van der Waals surface area contributed by atoms with Gasteiger partial charge in [-0.3, -0.25) is 14.4 Å². The number of carbonyl (C=O) groups is 3. The number of ketones is 1. The molecule has 3 aliphatic carbocycles. The Bertz CT molecular complexity index is 1710. The van der Waals surface area contributed by atoms with E-state index in [1.54, 1.807) is 0 Å². The molecule has 4 atom stereocenters. The number of rotatable bonds is 5. The zero-order chi connectivity index (χ0) is 25.5. The van der Waals surface area contributed by atoms with E-state index in [1.807, 2.05) is 36.4 Å². The van der Waals surface area contributed by atoms with Gasteiger partial charge in [0.25, 0.3) is 0 Å². The number of hydrogen-bond donors (Lipinski definition) is 0. The molecule has 186 valence electrons. The summed E-state index contributed by atoms with van der Waals surface area (Å²) in [6.07, 6.45) is 6.06. The Morgan fingerprint density at radius 3 is 2.50 bits per heavy atom. The molecule has 0 unspecified atom stereocenters. The predicted octanol–water partition coefficient (Wildman–Crippen LogP) is 6.15. The van der Waals surface area contributed by atoms with Crippen LogP contribution in [0.2, 0.25) is 0 Å². The molecule has 2 bridgehead atoms. The van der Waals surface area contributed by atoms with Crippen molar-refractivity contribution in [2.75, 3.05) is 10.7 Å². The number of carbonyl (C=O) groups excluding carboxylic acids is 3. The monoisotopic (exact) mass is 534 g/mol. The van der Waals surface area contributed by atoms with E-state index in [4.69, 9.17) is 4.98 Å². The zero-order valence-electron chi connectivity index (χ0n) is 20.3. The average Bonchev–Trinajstić information content (AvgIpc) is 3.74. The van der Waals surface area contributed by atoms with Gasteiger partial charge in [0, 0.05) is 5.56 Å². The minimum Gasteiger partial charge on any atom is -0.293 e. The number of allylic oxidation sites excluding steroid dienone is 2. The van der Waals surface area contributed by atoms with Crippen molar-refractivity contribution in [3.8, 4) is 11.1 Å². The molecule has 4 aliphatic rings. The van der Waals surface area contributed by atoms with Crippen molar-refractivity contribution in [2.45, 2.75) is 17.2 Å². The number of benzene rings is 3. The van der Waals surface area contributed by atoms with E-state index in [2.05, 4.69) is 36.4 Å². The van der Waals surface area contributed by atoms with E-state index < -0.39 is 0 Å². The van der Waals surface area contributed by atoms with Crippen molar-refractivity contribution in [2.24, 2.45) is 23.7 Å². The Labute approximate surface area is 227 Å². The molecule has 1 aromatic heterocycles. The molecule has 7 heteroatoms. The van der Waals surface area contributed by atoms with Crippen LogP contribution in [0.25, 0.3) is 21.3 Å². The molecule has 2 fully saturated rings. The molecular weight excluding hydrogens is 512 g/mol. The van der Waals surface area contributed by atoms with Gasteiger partial charge in [-0.15, -0.1) is 11.3 Å². The van der Waals surface area contributed by atoms with Crippen LogP contribution in [0.15, 0.2) is 77.2 Å². The van der Waals surface area contributed by atoms with Gasteiger partial charge in [-0.25, -0.2) is 9.88 Å². The molecule has 8 rings (SSSR count). The fourth-order valence-corrected chi connectivity index (χ4v) is 8.75. The van der Waals surface area contributed by atoms with Crippen molar-refractivity contribution in [3.63, 3.8) is 0 Å². The summed E-state index contributed by atoms with van der Waals surface area (Å²) in [6.45, 7) is 0. The number of fused-ring (bicyclic) bond motifs is 9. The summed E-state index contributed by atoms with van der Waals surface area (Å²) in [5, 5.41) is 0. The van der Waals surface area contributed by atoms with Crippen LogP contribution in [0.1, 0.15) is 27.9 Å². The largest absolute Gasteiger partial charge is 0.293 e. The Hall–Kier alpha value is -3.55. The third-order valence-electron chi connectivity index (χ3n) is 8.53. The van der Waals surface area contributed by atoms with Gasteiger partial charge >= 0.3 is 0 Å². The number of hydrogen-bond acceptors (Lipinski definition) is 6. The second-order valence-corrected chi connectivity index (χ2v) is 12.8. The lowest BCUT2D eigenvalue weighted by atomic mass is 9.85. The molecule has 0 N–H and O–H groups in total. The quantitative estimate of drug-likeness (QED) is 0.117. The summed E-state index contributed by atoms with van der Waals surface area (Å²) in [4.78, 5) is 45.5. The highest BCUT2D eigenvalue weighted by atomic mass is 32.2. The fourth-order valence-electron chi connectivity index (χ4n) is 6.76. The van der Waals surface area contributed by atoms with Crippen LogP contribution in [0.5, 0.6) is 0 Å². The first-order chi connectivity index (χ1) is 18.5. The summed E-state index contributed by atoms with van der Waals surface area (Å²) in [5.74, 6) is 0.203. The minimum atomic E-state index is -0.209. The van der Waals surface area contributed by atoms with Crippen LogP contribution in [0.4, 0.5) is 5.69 Å². The van der Waals surface area contributed by atoms with E-state index in [-0.39, 0.29) is 41.3 Å². The highest BCUT2D eigenvalue weighted by Crippen LogP contribution is 2.53. The van der Waals surface area contributed by atoms with Crippen molar-refractivity contribution in [1.29, 1.82) is 0 Å². The summed E-state index contributed by atoms with van der Waals surface area (Å²) in [6, 6.07) is 20.0. The predicted molar refractivity (Wildman–Crippen MR) is 150 cm³/mol. The van der Waals surface area contributed by atoms with Gasteiger partial charge in [0.1, 0.15) is 0 Å². The molecule has 38 heavy (non-hydrogen) atoms. The SMILES string of the molecule is O=C(CSc1nc2ccc(N3C(=O)[C@H]4[C@H](C3=O)[C@H]3C=C[C@H]4C3)cc2s1)c1ccc2c(c1)-c1ccccc1C2. The molecule has 5 nitrogen and oxygen atoms in total. The highest BCUT2D eigenvalue weighted by molar-refractivity contribution is 8.01. The third kappa shape index (κ3) is 3.25. The lowest BCUT2D eigenvalue weighted by Gasteiger charge is -2.17. The van der Waals surface area contributed by atoms with Gasteiger partial charge in [0.15, 0.2) is 10.1 Å². The first-order valence-electron chi connectivity index (χ1n) is 12.9.